The first-order valence-electron chi connectivity index (χ1n) is 11.7. The van der Waals surface area contributed by atoms with Crippen LogP contribution in [-0.4, -0.2) is 55.2 Å². The number of oxazole rings is 1. The predicted molar refractivity (Wildman–Crippen MR) is 135 cm³/mol. The topological polar surface area (TPSA) is 133 Å². The lowest BCUT2D eigenvalue weighted by molar-refractivity contribution is 0.102. The van der Waals surface area contributed by atoms with Crippen molar-refractivity contribution in [1.82, 2.24) is 20.3 Å². The third kappa shape index (κ3) is 5.20. The molecule has 0 radical (unpaired) electrons. The number of rotatable bonds is 10. The number of fused-ring (bicyclic) bond motifs is 1. The monoisotopic (exact) mass is 496 g/mol. The van der Waals surface area contributed by atoms with Crippen LogP contribution in [0.5, 0.6) is 23.6 Å². The maximum Gasteiger partial charge on any atom is 0.399 e. The number of nitrogens with zero attached hydrogens (tertiary/aromatic N) is 3. The molecule has 0 unspecified atom stereocenters. The fraction of sp³-hybridized carbons (Fsp3) is 0.440. The second-order valence-corrected chi connectivity index (χ2v) is 9.18. The number of ether oxygens (including phenoxy) is 3. The summed E-state index contributed by atoms with van der Waals surface area (Å²) in [6.07, 6.45) is 3.34. The number of aryl methyl sites for hydroxylation is 2. The van der Waals surface area contributed by atoms with Crippen LogP contribution >= 0.6 is 0 Å². The first kappa shape index (κ1) is 25.2. The van der Waals surface area contributed by atoms with Crippen LogP contribution in [0, 0.1) is 6.92 Å². The summed E-state index contributed by atoms with van der Waals surface area (Å²) in [5.74, 6) is 0.672. The van der Waals surface area contributed by atoms with Crippen LogP contribution in [0.1, 0.15) is 47.4 Å². The number of likely N-dealkylation sites (N-methyl/N-ethyl adjacent to an activating group) is 1. The zero-order valence-electron chi connectivity index (χ0n) is 21.4. The van der Waals surface area contributed by atoms with Crippen molar-refractivity contribution >= 4 is 17.5 Å². The maximum absolute atomic E-state index is 12.9. The van der Waals surface area contributed by atoms with Gasteiger partial charge in [-0.3, -0.25) is 4.79 Å². The Kier molecular flexibility index (Phi) is 7.30. The summed E-state index contributed by atoms with van der Waals surface area (Å²) in [5, 5.41) is 8.77. The van der Waals surface area contributed by atoms with Gasteiger partial charge in [-0.2, -0.15) is 15.0 Å². The predicted octanol–water partition coefficient (Wildman–Crippen LogP) is 3.69. The number of carbonyl (C=O) groups is 1. The molecule has 0 bridgehead atoms. The minimum absolute atomic E-state index is 0.0180. The minimum atomic E-state index is -0.559. The number of methoxy groups -OCH3 is 2. The summed E-state index contributed by atoms with van der Waals surface area (Å²) in [4.78, 5) is 25.7. The van der Waals surface area contributed by atoms with E-state index >= 15 is 0 Å². The fourth-order valence-corrected chi connectivity index (χ4v) is 4.16. The first-order chi connectivity index (χ1) is 17.2. The van der Waals surface area contributed by atoms with Crippen LogP contribution in [0.3, 0.4) is 0 Å². The van der Waals surface area contributed by atoms with Gasteiger partial charge >= 0.3 is 6.08 Å². The van der Waals surface area contributed by atoms with Crippen molar-refractivity contribution in [2.75, 3.05) is 45.0 Å². The zero-order valence-corrected chi connectivity index (χ0v) is 21.4. The Morgan fingerprint density at radius 3 is 2.50 bits per heavy atom. The van der Waals surface area contributed by atoms with E-state index in [-0.39, 0.29) is 34.6 Å². The lowest BCUT2D eigenvalue weighted by atomic mass is 9.86. The SMILES string of the molecule is CNCCNc1nc(OC)c(NC(=O)c2coc(Oc3cc4c(cc3C)CCC4(C)C)n2)c(OC)n1. The number of aromatic nitrogens is 3. The number of hydrogen-bond donors (Lipinski definition) is 3. The van der Waals surface area contributed by atoms with Gasteiger partial charge in [0.2, 0.25) is 17.7 Å². The van der Waals surface area contributed by atoms with Gasteiger partial charge < -0.3 is 34.6 Å². The van der Waals surface area contributed by atoms with Crippen molar-refractivity contribution in [2.45, 2.75) is 39.0 Å². The van der Waals surface area contributed by atoms with Crippen molar-refractivity contribution in [3.8, 4) is 23.6 Å². The zero-order chi connectivity index (χ0) is 25.9. The average Bonchev–Trinajstić information content (AvgIpc) is 3.44. The second kappa shape index (κ2) is 10.4. The number of anilines is 2. The normalized spacial score (nSPS) is 13.7. The summed E-state index contributed by atoms with van der Waals surface area (Å²) in [6, 6.07) is 4.19. The van der Waals surface area contributed by atoms with Gasteiger partial charge in [-0.05, 0) is 55.0 Å². The van der Waals surface area contributed by atoms with Crippen molar-refractivity contribution in [3.63, 3.8) is 0 Å². The Morgan fingerprint density at radius 2 is 1.83 bits per heavy atom. The molecule has 1 aliphatic carbocycles. The van der Waals surface area contributed by atoms with Crippen molar-refractivity contribution < 1.29 is 23.4 Å². The molecule has 36 heavy (non-hydrogen) atoms. The molecule has 0 spiro atoms. The van der Waals surface area contributed by atoms with E-state index in [2.05, 4.69) is 50.8 Å². The van der Waals surface area contributed by atoms with Crippen LogP contribution < -0.4 is 30.2 Å². The molecule has 4 rings (SSSR count). The van der Waals surface area contributed by atoms with Crippen LogP contribution in [0.15, 0.2) is 22.8 Å². The number of nitrogens with one attached hydrogen (secondary N) is 3. The Morgan fingerprint density at radius 1 is 1.11 bits per heavy atom. The van der Waals surface area contributed by atoms with E-state index in [4.69, 9.17) is 18.6 Å². The molecule has 2 heterocycles. The highest BCUT2D eigenvalue weighted by atomic mass is 16.6. The molecule has 11 heteroatoms. The highest BCUT2D eigenvalue weighted by molar-refractivity contribution is 6.04. The number of carbonyl (C=O) groups excluding carboxylic acids is 1. The van der Waals surface area contributed by atoms with Gasteiger partial charge in [0.15, 0.2) is 11.4 Å². The molecule has 192 valence electrons. The largest absolute Gasteiger partial charge is 0.479 e. The Hall–Kier alpha value is -3.86. The quantitative estimate of drug-likeness (QED) is 0.357. The lowest BCUT2D eigenvalue weighted by Crippen LogP contribution is -2.20. The highest BCUT2D eigenvalue weighted by Crippen LogP contribution is 2.42. The van der Waals surface area contributed by atoms with Gasteiger partial charge in [0.25, 0.3) is 5.91 Å². The van der Waals surface area contributed by atoms with Gasteiger partial charge in [-0.25, -0.2) is 0 Å². The Bertz CT molecular complexity index is 1230. The highest BCUT2D eigenvalue weighted by Gasteiger charge is 2.31. The first-order valence-corrected chi connectivity index (χ1v) is 11.7. The molecule has 3 N–H and O–H groups in total. The Labute approximate surface area is 210 Å². The molecular formula is C25H32N6O5. The molecule has 1 aromatic carbocycles. The van der Waals surface area contributed by atoms with E-state index in [1.807, 2.05) is 20.0 Å². The minimum Gasteiger partial charge on any atom is -0.479 e. The van der Waals surface area contributed by atoms with Gasteiger partial charge in [-0.15, -0.1) is 0 Å². The van der Waals surface area contributed by atoms with Gasteiger partial charge in [0.05, 0.1) is 14.2 Å². The van der Waals surface area contributed by atoms with E-state index in [1.165, 1.54) is 31.6 Å². The average molecular weight is 497 g/mol. The smallest absolute Gasteiger partial charge is 0.399 e. The van der Waals surface area contributed by atoms with Gasteiger partial charge in [0.1, 0.15) is 12.0 Å². The summed E-state index contributed by atoms with van der Waals surface area (Å²) >= 11 is 0. The third-order valence-electron chi connectivity index (χ3n) is 6.19. The maximum atomic E-state index is 12.9. The van der Waals surface area contributed by atoms with Crippen LogP contribution in [0.4, 0.5) is 11.6 Å². The molecule has 3 aromatic rings. The summed E-state index contributed by atoms with van der Waals surface area (Å²) in [7, 11) is 4.73. The molecular weight excluding hydrogens is 464 g/mol. The fourth-order valence-electron chi connectivity index (χ4n) is 4.16. The van der Waals surface area contributed by atoms with Crippen molar-refractivity contribution in [1.29, 1.82) is 0 Å². The van der Waals surface area contributed by atoms with Gasteiger partial charge in [-0.1, -0.05) is 19.9 Å². The third-order valence-corrected chi connectivity index (χ3v) is 6.19. The molecule has 1 aliphatic rings. The summed E-state index contributed by atoms with van der Waals surface area (Å²) in [6.45, 7) is 7.74. The number of hydrogen-bond acceptors (Lipinski definition) is 10. The summed E-state index contributed by atoms with van der Waals surface area (Å²) < 4.78 is 22.1. The second-order valence-electron chi connectivity index (χ2n) is 9.18. The number of amides is 1. The van der Waals surface area contributed by atoms with E-state index in [0.717, 1.165) is 18.4 Å². The van der Waals surface area contributed by atoms with Crippen molar-refractivity contribution in [3.05, 3.63) is 40.8 Å². The van der Waals surface area contributed by atoms with Crippen molar-refractivity contribution in [2.24, 2.45) is 0 Å². The number of benzene rings is 1. The molecule has 0 atom stereocenters. The van der Waals surface area contributed by atoms with Crippen LogP contribution in [0.2, 0.25) is 0 Å². The standard InChI is InChI=1S/C25H32N6O5/c1-14-11-15-7-8-25(2,3)16(15)12-18(14)36-24-28-17(13-35-24)20(32)29-19-21(33-5)30-23(27-10-9-26-4)31-22(19)34-6/h11-13,26H,7-10H2,1-6H3,(H,29,32)(H,27,30,31). The molecule has 0 saturated carbocycles. The van der Waals surface area contributed by atoms with Gasteiger partial charge in [0, 0.05) is 13.1 Å². The molecule has 0 saturated heterocycles. The van der Waals surface area contributed by atoms with E-state index < -0.39 is 5.91 Å². The molecule has 11 nitrogen and oxygen atoms in total. The lowest BCUT2D eigenvalue weighted by Gasteiger charge is -2.20. The molecule has 2 aromatic heterocycles. The molecule has 1 amide bonds. The van der Waals surface area contributed by atoms with Crippen LogP contribution in [-0.2, 0) is 11.8 Å². The Balaban J connectivity index is 1.51. The molecule has 0 fully saturated rings. The molecule has 0 aliphatic heterocycles. The summed E-state index contributed by atoms with van der Waals surface area (Å²) in [5.41, 5.74) is 3.85. The van der Waals surface area contributed by atoms with E-state index in [0.29, 0.717) is 24.8 Å². The van der Waals surface area contributed by atoms with Crippen LogP contribution in [0.25, 0.3) is 0 Å². The van der Waals surface area contributed by atoms with E-state index in [1.54, 1.807) is 0 Å². The van der Waals surface area contributed by atoms with E-state index in [9.17, 15) is 4.79 Å².